The summed E-state index contributed by atoms with van der Waals surface area (Å²) in [4.78, 5) is 13.7. The van der Waals surface area contributed by atoms with Crippen LogP contribution in [0.2, 0.25) is 0 Å². The zero-order valence-corrected chi connectivity index (χ0v) is 12.8. The molecule has 2 N–H and O–H groups in total. The van der Waals surface area contributed by atoms with Gasteiger partial charge in [-0.3, -0.25) is 4.79 Å². The fourth-order valence-corrected chi connectivity index (χ4v) is 3.52. The third-order valence-electron chi connectivity index (χ3n) is 3.90. The van der Waals surface area contributed by atoms with Gasteiger partial charge in [0.25, 0.3) is 0 Å². The summed E-state index contributed by atoms with van der Waals surface area (Å²) in [6.07, 6.45) is 0.238. The number of hydrogen-bond acceptors (Lipinski definition) is 3. The smallest absolute Gasteiger partial charge is 0.227 e. The molecule has 0 radical (unpaired) electrons. The first-order valence-corrected chi connectivity index (χ1v) is 8.27. The van der Waals surface area contributed by atoms with Gasteiger partial charge in [-0.1, -0.05) is 0 Å². The molecular weight excluding hydrogens is 276 g/mol. The highest BCUT2D eigenvalue weighted by Gasteiger charge is 2.33. The van der Waals surface area contributed by atoms with Crippen LogP contribution in [-0.4, -0.2) is 26.6 Å². The summed E-state index contributed by atoms with van der Waals surface area (Å²) in [6, 6.07) is 3.94. The quantitative estimate of drug-likeness (QED) is 0.911. The minimum atomic E-state index is -3.54. The van der Waals surface area contributed by atoms with E-state index in [9.17, 15) is 13.2 Å². The largest absolute Gasteiger partial charge is 0.312 e. The Morgan fingerprint density at radius 3 is 2.30 bits per heavy atom. The van der Waals surface area contributed by atoms with Crippen LogP contribution in [-0.2, 0) is 14.8 Å². The number of hydrogen-bond donors (Lipinski definition) is 1. The normalized spacial score (nSPS) is 19.7. The van der Waals surface area contributed by atoms with Gasteiger partial charge in [0.15, 0.2) is 0 Å². The minimum Gasteiger partial charge on any atom is -0.312 e. The number of sulfonamides is 1. The summed E-state index contributed by atoms with van der Waals surface area (Å²) in [7, 11) is -3.54. The van der Waals surface area contributed by atoms with Gasteiger partial charge < -0.3 is 4.90 Å². The molecule has 6 heteroatoms. The van der Waals surface area contributed by atoms with E-state index in [1.807, 2.05) is 32.9 Å². The van der Waals surface area contributed by atoms with E-state index in [4.69, 9.17) is 5.14 Å². The average Bonchev–Trinajstić information content (AvgIpc) is 2.63. The predicted molar refractivity (Wildman–Crippen MR) is 79.1 cm³/mol. The lowest BCUT2D eigenvalue weighted by Gasteiger charge is -2.19. The Balaban J connectivity index is 2.24. The molecule has 20 heavy (non-hydrogen) atoms. The van der Waals surface area contributed by atoms with Crippen LogP contribution in [0.4, 0.5) is 5.69 Å². The van der Waals surface area contributed by atoms with E-state index >= 15 is 0 Å². The highest BCUT2D eigenvalue weighted by atomic mass is 32.2. The van der Waals surface area contributed by atoms with Crippen molar-refractivity contribution in [2.75, 3.05) is 17.2 Å². The molecule has 0 saturated carbocycles. The number of anilines is 1. The van der Waals surface area contributed by atoms with E-state index in [1.54, 1.807) is 4.90 Å². The van der Waals surface area contributed by atoms with Crippen molar-refractivity contribution in [2.45, 2.75) is 27.2 Å². The summed E-state index contributed by atoms with van der Waals surface area (Å²) >= 11 is 0. The van der Waals surface area contributed by atoms with Crippen molar-refractivity contribution in [1.29, 1.82) is 0 Å². The van der Waals surface area contributed by atoms with Crippen molar-refractivity contribution in [1.82, 2.24) is 0 Å². The van der Waals surface area contributed by atoms with E-state index in [-0.39, 0.29) is 24.0 Å². The summed E-state index contributed by atoms with van der Waals surface area (Å²) < 4.78 is 22.3. The van der Waals surface area contributed by atoms with Gasteiger partial charge in [-0.2, -0.15) is 0 Å². The van der Waals surface area contributed by atoms with Crippen molar-refractivity contribution >= 4 is 21.6 Å². The van der Waals surface area contributed by atoms with E-state index in [2.05, 4.69) is 0 Å². The Labute approximate surface area is 119 Å². The Morgan fingerprint density at radius 2 is 1.80 bits per heavy atom. The molecule has 1 amide bonds. The molecule has 1 fully saturated rings. The third kappa shape index (κ3) is 3.19. The maximum Gasteiger partial charge on any atom is 0.227 e. The van der Waals surface area contributed by atoms with Crippen molar-refractivity contribution in [3.8, 4) is 0 Å². The van der Waals surface area contributed by atoms with Gasteiger partial charge in [0, 0.05) is 24.6 Å². The molecule has 0 aromatic heterocycles. The van der Waals surface area contributed by atoms with Crippen LogP contribution in [0.3, 0.4) is 0 Å². The molecular formula is C14H20N2O3S. The summed E-state index contributed by atoms with van der Waals surface area (Å²) in [5.74, 6) is -0.403. The number of primary sulfonamides is 1. The highest BCUT2D eigenvalue weighted by Crippen LogP contribution is 2.28. The van der Waals surface area contributed by atoms with Crippen molar-refractivity contribution < 1.29 is 13.2 Å². The van der Waals surface area contributed by atoms with Gasteiger partial charge in [-0.05, 0) is 49.6 Å². The van der Waals surface area contributed by atoms with Crippen molar-refractivity contribution in [2.24, 2.45) is 11.1 Å². The lowest BCUT2D eigenvalue weighted by molar-refractivity contribution is -0.117. The molecule has 1 heterocycles. The number of aryl methyl sites for hydroxylation is 2. The Morgan fingerprint density at radius 1 is 1.25 bits per heavy atom. The van der Waals surface area contributed by atoms with Crippen LogP contribution in [0.25, 0.3) is 0 Å². The summed E-state index contributed by atoms with van der Waals surface area (Å²) in [5, 5.41) is 5.06. The molecule has 2 rings (SSSR count). The highest BCUT2D eigenvalue weighted by molar-refractivity contribution is 7.89. The number of nitrogens with zero attached hydrogens (tertiary/aromatic N) is 1. The first kappa shape index (κ1) is 15.0. The third-order valence-corrected chi connectivity index (χ3v) is 4.83. The molecule has 0 spiro atoms. The Hall–Kier alpha value is -1.40. The van der Waals surface area contributed by atoms with Gasteiger partial charge in [0.2, 0.25) is 15.9 Å². The maximum atomic E-state index is 12.1. The Kier molecular flexibility index (Phi) is 3.88. The van der Waals surface area contributed by atoms with E-state index < -0.39 is 10.0 Å². The lowest BCUT2D eigenvalue weighted by atomic mass is 10.0. The molecule has 1 aliphatic heterocycles. The molecule has 1 aliphatic rings. The summed E-state index contributed by atoms with van der Waals surface area (Å²) in [5.41, 5.74) is 4.30. The minimum absolute atomic E-state index is 0.0405. The SMILES string of the molecule is Cc1cc(N2CC(CS(N)(=O)=O)CC2=O)cc(C)c1C. The molecule has 0 bridgehead atoms. The number of amides is 1. The van der Waals surface area contributed by atoms with Crippen LogP contribution >= 0.6 is 0 Å². The van der Waals surface area contributed by atoms with Gasteiger partial charge in [0.05, 0.1) is 5.75 Å². The maximum absolute atomic E-state index is 12.1. The fraction of sp³-hybridized carbons (Fsp3) is 0.500. The molecule has 110 valence electrons. The molecule has 0 aliphatic carbocycles. The van der Waals surface area contributed by atoms with E-state index in [0.29, 0.717) is 6.54 Å². The molecule has 1 aromatic rings. The molecule has 1 saturated heterocycles. The number of benzene rings is 1. The first-order valence-electron chi connectivity index (χ1n) is 6.56. The molecule has 1 unspecified atom stereocenters. The molecule has 1 atom stereocenters. The lowest BCUT2D eigenvalue weighted by Crippen LogP contribution is -2.27. The van der Waals surface area contributed by atoms with Crippen LogP contribution < -0.4 is 10.0 Å². The van der Waals surface area contributed by atoms with E-state index in [1.165, 1.54) is 5.56 Å². The standard InChI is InChI=1S/C14H20N2O3S/c1-9-4-13(5-10(2)11(9)3)16-7-12(6-14(16)17)8-20(15,18)19/h4-5,12H,6-8H2,1-3H3,(H2,15,18,19). The fourth-order valence-electron chi connectivity index (χ4n) is 2.64. The second-order valence-electron chi connectivity index (χ2n) is 5.61. The van der Waals surface area contributed by atoms with Crippen LogP contribution in [0.5, 0.6) is 0 Å². The second-order valence-corrected chi connectivity index (χ2v) is 7.27. The molecule has 5 nitrogen and oxygen atoms in total. The number of carbonyl (C=O) groups excluding carboxylic acids is 1. The zero-order valence-electron chi connectivity index (χ0n) is 12.0. The second kappa shape index (κ2) is 5.18. The van der Waals surface area contributed by atoms with Crippen molar-refractivity contribution in [3.63, 3.8) is 0 Å². The molecule has 1 aromatic carbocycles. The monoisotopic (exact) mass is 296 g/mol. The average molecular weight is 296 g/mol. The topological polar surface area (TPSA) is 80.5 Å². The van der Waals surface area contributed by atoms with Crippen molar-refractivity contribution in [3.05, 3.63) is 28.8 Å². The number of rotatable bonds is 3. The van der Waals surface area contributed by atoms with Crippen LogP contribution in [0.15, 0.2) is 12.1 Å². The van der Waals surface area contributed by atoms with E-state index in [0.717, 1.165) is 16.8 Å². The summed E-state index contributed by atoms with van der Waals surface area (Å²) in [6.45, 7) is 6.48. The van der Waals surface area contributed by atoms with Gasteiger partial charge in [-0.15, -0.1) is 0 Å². The van der Waals surface area contributed by atoms with Crippen LogP contribution in [0, 0.1) is 26.7 Å². The van der Waals surface area contributed by atoms with Gasteiger partial charge >= 0.3 is 0 Å². The first-order chi connectivity index (χ1) is 9.17. The van der Waals surface area contributed by atoms with Crippen LogP contribution in [0.1, 0.15) is 23.1 Å². The number of nitrogens with two attached hydrogens (primary N) is 1. The van der Waals surface area contributed by atoms with Gasteiger partial charge in [-0.25, -0.2) is 13.6 Å². The predicted octanol–water partition coefficient (Wildman–Crippen LogP) is 1.25. The van der Waals surface area contributed by atoms with Gasteiger partial charge in [0.1, 0.15) is 0 Å². The Bertz CT molecular complexity index is 629. The zero-order chi connectivity index (χ0) is 15.1. The number of carbonyl (C=O) groups is 1.